The fourth-order valence-electron chi connectivity index (χ4n) is 0.659. The number of aromatic carboxylic acids is 1. The fourth-order valence-corrected chi connectivity index (χ4v) is 0.935. The third kappa shape index (κ3) is 1.38. The zero-order chi connectivity index (χ0) is 9.30. The van der Waals surface area contributed by atoms with Crippen LogP contribution in [0.3, 0.4) is 0 Å². The minimum atomic E-state index is -1.34. The van der Waals surface area contributed by atoms with Crippen LogP contribution in [0, 0.1) is 6.92 Å². The Bertz CT molecular complexity index is 385. The molecule has 0 atom stereocenters. The van der Waals surface area contributed by atoms with Crippen LogP contribution in [0.25, 0.3) is 0 Å². The minimum absolute atomic E-state index is 0.204. The molecule has 0 aromatic carbocycles. The van der Waals surface area contributed by atoms with Crippen LogP contribution in [0.5, 0.6) is 0 Å². The number of hydrogen-bond acceptors (Lipinski definition) is 3. The summed E-state index contributed by atoms with van der Waals surface area (Å²) >= 11 is 2.95. The number of aromatic nitrogens is 2. The molecule has 0 saturated heterocycles. The van der Waals surface area contributed by atoms with Crippen molar-refractivity contribution >= 4 is 21.9 Å². The second-order valence-corrected chi connectivity index (χ2v) is 2.94. The molecule has 0 spiro atoms. The molecular formula is C6H5BrN2O3. The molecule has 12 heavy (non-hydrogen) atoms. The average molecular weight is 233 g/mol. The first-order chi connectivity index (χ1) is 5.54. The minimum Gasteiger partial charge on any atom is -0.476 e. The van der Waals surface area contributed by atoms with E-state index in [1.165, 1.54) is 0 Å². The van der Waals surface area contributed by atoms with Crippen LogP contribution in [0.15, 0.2) is 9.27 Å². The Morgan fingerprint density at radius 2 is 2.25 bits per heavy atom. The first-order valence-electron chi connectivity index (χ1n) is 3.02. The van der Waals surface area contributed by atoms with Crippen LogP contribution >= 0.6 is 15.9 Å². The number of H-pyrrole nitrogens is 1. The highest BCUT2D eigenvalue weighted by Crippen LogP contribution is 2.06. The van der Waals surface area contributed by atoms with Crippen molar-refractivity contribution in [1.29, 1.82) is 0 Å². The lowest BCUT2D eigenvalue weighted by atomic mass is 10.3. The van der Waals surface area contributed by atoms with Gasteiger partial charge in [-0.2, -0.15) is 5.10 Å². The molecule has 2 N–H and O–H groups in total. The number of hydrogen-bond donors (Lipinski definition) is 2. The van der Waals surface area contributed by atoms with Crippen molar-refractivity contribution in [3.05, 3.63) is 26.1 Å². The summed E-state index contributed by atoms with van der Waals surface area (Å²) in [7, 11) is 0. The van der Waals surface area contributed by atoms with E-state index in [2.05, 4.69) is 26.1 Å². The maximum absolute atomic E-state index is 11.1. The molecular weight excluding hydrogens is 228 g/mol. The number of carboxylic acids is 1. The Hall–Kier alpha value is -1.17. The van der Waals surface area contributed by atoms with Crippen molar-refractivity contribution in [3.8, 4) is 0 Å². The van der Waals surface area contributed by atoms with Gasteiger partial charge in [-0.05, 0) is 22.9 Å². The number of aryl methyl sites for hydroxylation is 1. The molecule has 0 radical (unpaired) electrons. The standard InChI is InChI=1S/C6H5BrN2O3/c1-2-3(7)5(10)4(6(11)12)9-8-2/h1H3,(H,8,10)(H,11,12). The van der Waals surface area contributed by atoms with Crippen molar-refractivity contribution in [2.24, 2.45) is 0 Å². The van der Waals surface area contributed by atoms with Gasteiger partial charge in [0, 0.05) is 5.69 Å². The van der Waals surface area contributed by atoms with Crippen molar-refractivity contribution < 1.29 is 9.90 Å². The molecule has 0 fully saturated rings. The van der Waals surface area contributed by atoms with E-state index in [0.29, 0.717) is 5.69 Å². The topological polar surface area (TPSA) is 83.1 Å². The summed E-state index contributed by atoms with van der Waals surface area (Å²) in [6, 6.07) is 0. The van der Waals surface area contributed by atoms with E-state index in [1.54, 1.807) is 6.92 Å². The SMILES string of the molecule is Cc1[nH]nc(C(=O)O)c(=O)c1Br. The number of halogens is 1. The normalized spacial score (nSPS) is 9.83. The highest BCUT2D eigenvalue weighted by molar-refractivity contribution is 9.10. The lowest BCUT2D eigenvalue weighted by Crippen LogP contribution is -2.19. The van der Waals surface area contributed by atoms with Crippen molar-refractivity contribution in [2.75, 3.05) is 0 Å². The molecule has 64 valence electrons. The van der Waals surface area contributed by atoms with Crippen LogP contribution in [0.1, 0.15) is 16.2 Å². The molecule has 0 saturated carbocycles. The van der Waals surface area contributed by atoms with Gasteiger partial charge in [0.1, 0.15) is 0 Å². The molecule has 0 aliphatic heterocycles. The molecule has 0 bridgehead atoms. The van der Waals surface area contributed by atoms with Gasteiger partial charge in [-0.1, -0.05) is 0 Å². The number of nitrogens with zero attached hydrogens (tertiary/aromatic N) is 1. The molecule has 1 heterocycles. The van der Waals surface area contributed by atoms with Crippen LogP contribution in [-0.4, -0.2) is 21.3 Å². The summed E-state index contributed by atoms with van der Waals surface area (Å²) in [5, 5.41) is 14.3. The van der Waals surface area contributed by atoms with Crippen LogP contribution in [-0.2, 0) is 0 Å². The molecule has 1 aromatic heterocycles. The van der Waals surface area contributed by atoms with Gasteiger partial charge in [0.25, 0.3) is 0 Å². The van der Waals surface area contributed by atoms with Gasteiger partial charge in [-0.15, -0.1) is 0 Å². The first-order valence-corrected chi connectivity index (χ1v) is 3.81. The Kier molecular flexibility index (Phi) is 2.27. The van der Waals surface area contributed by atoms with Crippen LogP contribution < -0.4 is 5.43 Å². The summed E-state index contributed by atoms with van der Waals surface area (Å²) in [6.07, 6.45) is 0. The summed E-state index contributed by atoms with van der Waals surface area (Å²) < 4.78 is 0.204. The third-order valence-electron chi connectivity index (χ3n) is 1.28. The molecule has 0 aliphatic rings. The van der Waals surface area contributed by atoms with Gasteiger partial charge in [0.2, 0.25) is 11.1 Å². The predicted octanol–water partition coefficient (Wildman–Crippen LogP) is 0.539. The maximum atomic E-state index is 11.1. The van der Waals surface area contributed by atoms with Crippen molar-refractivity contribution in [1.82, 2.24) is 10.2 Å². The van der Waals surface area contributed by atoms with E-state index in [-0.39, 0.29) is 4.47 Å². The predicted molar refractivity (Wildman–Crippen MR) is 44.3 cm³/mol. The fraction of sp³-hybridized carbons (Fsp3) is 0.167. The molecule has 5 nitrogen and oxygen atoms in total. The Morgan fingerprint density at radius 3 is 2.75 bits per heavy atom. The lowest BCUT2D eigenvalue weighted by Gasteiger charge is -1.96. The monoisotopic (exact) mass is 232 g/mol. The average Bonchev–Trinajstić information content (AvgIpc) is 2.00. The number of nitrogens with one attached hydrogen (secondary N) is 1. The number of rotatable bonds is 1. The number of carboxylic acid groups (broad SMARTS) is 1. The van der Waals surface area contributed by atoms with Crippen molar-refractivity contribution in [3.63, 3.8) is 0 Å². The van der Waals surface area contributed by atoms with Gasteiger partial charge < -0.3 is 5.11 Å². The van der Waals surface area contributed by atoms with E-state index >= 15 is 0 Å². The summed E-state index contributed by atoms with van der Waals surface area (Å²) in [5.41, 5.74) is -0.615. The van der Waals surface area contributed by atoms with Gasteiger partial charge in [-0.3, -0.25) is 9.89 Å². The zero-order valence-electron chi connectivity index (χ0n) is 6.09. The largest absolute Gasteiger partial charge is 0.476 e. The molecule has 0 unspecified atom stereocenters. The summed E-state index contributed by atoms with van der Waals surface area (Å²) in [5.74, 6) is -1.34. The summed E-state index contributed by atoms with van der Waals surface area (Å²) in [6.45, 7) is 1.62. The number of carbonyl (C=O) groups is 1. The van der Waals surface area contributed by atoms with Crippen molar-refractivity contribution in [2.45, 2.75) is 6.92 Å². The van der Waals surface area contributed by atoms with Gasteiger partial charge in [0.15, 0.2) is 0 Å². The second kappa shape index (κ2) is 3.06. The van der Waals surface area contributed by atoms with Crippen LogP contribution in [0.2, 0.25) is 0 Å². The highest BCUT2D eigenvalue weighted by Gasteiger charge is 2.13. The van der Waals surface area contributed by atoms with Gasteiger partial charge >= 0.3 is 5.97 Å². The molecule has 1 aromatic rings. The van der Waals surface area contributed by atoms with E-state index in [9.17, 15) is 9.59 Å². The summed E-state index contributed by atoms with van der Waals surface area (Å²) in [4.78, 5) is 21.5. The Balaban J connectivity index is 3.47. The van der Waals surface area contributed by atoms with E-state index in [4.69, 9.17) is 5.11 Å². The second-order valence-electron chi connectivity index (χ2n) is 2.15. The molecule has 1 rings (SSSR count). The molecule has 0 aliphatic carbocycles. The van der Waals surface area contributed by atoms with E-state index in [0.717, 1.165) is 0 Å². The van der Waals surface area contributed by atoms with Gasteiger partial charge in [-0.25, -0.2) is 4.79 Å². The van der Waals surface area contributed by atoms with E-state index in [1.807, 2.05) is 0 Å². The Labute approximate surface area is 75.6 Å². The zero-order valence-corrected chi connectivity index (χ0v) is 7.67. The van der Waals surface area contributed by atoms with Crippen LogP contribution in [0.4, 0.5) is 0 Å². The molecule has 0 amide bonds. The Morgan fingerprint density at radius 1 is 1.67 bits per heavy atom. The third-order valence-corrected chi connectivity index (χ3v) is 2.24. The highest BCUT2D eigenvalue weighted by atomic mass is 79.9. The smallest absolute Gasteiger partial charge is 0.360 e. The first kappa shape index (κ1) is 8.92. The number of aromatic amines is 1. The van der Waals surface area contributed by atoms with Gasteiger partial charge in [0.05, 0.1) is 4.47 Å². The quantitative estimate of drug-likeness (QED) is 0.741. The maximum Gasteiger partial charge on any atom is 0.360 e. The lowest BCUT2D eigenvalue weighted by molar-refractivity contribution is 0.0687. The molecule has 6 heteroatoms. The van der Waals surface area contributed by atoms with E-state index < -0.39 is 17.1 Å².